The Labute approximate surface area is 175 Å². The second-order valence-corrected chi connectivity index (χ2v) is 7.28. The highest BCUT2D eigenvalue weighted by molar-refractivity contribution is 6.22. The van der Waals surface area contributed by atoms with Crippen molar-refractivity contribution in [1.82, 2.24) is 9.13 Å². The summed E-state index contributed by atoms with van der Waals surface area (Å²) in [6.45, 7) is 2.63. The molecule has 0 fully saturated rings. The molecule has 0 spiro atoms. The van der Waals surface area contributed by atoms with Gasteiger partial charge in [0.25, 0.3) is 0 Å². The van der Waals surface area contributed by atoms with Gasteiger partial charge in [-0.1, -0.05) is 0 Å². The maximum absolute atomic E-state index is 13.0. The number of benzene rings is 2. The van der Waals surface area contributed by atoms with Gasteiger partial charge in [-0.05, 0) is 71.8 Å². The monoisotopic (exact) mass is 398 g/mol. The molecular weight excluding hydrogens is 376 g/mol. The molecular formula is C25H22N2O3. The minimum absolute atomic E-state index is 0.0201. The first kappa shape index (κ1) is 18.3. The van der Waals surface area contributed by atoms with Crippen LogP contribution in [0.3, 0.4) is 0 Å². The minimum Gasteiger partial charge on any atom is -0.492 e. The second-order valence-electron chi connectivity index (χ2n) is 7.28. The lowest BCUT2D eigenvalue weighted by atomic mass is 10.1. The molecule has 0 amide bonds. The molecule has 0 bridgehead atoms. The first-order valence-electron chi connectivity index (χ1n) is 10.1. The molecule has 0 atom stereocenters. The quantitative estimate of drug-likeness (QED) is 0.382. The fourth-order valence-electron chi connectivity index (χ4n) is 3.79. The van der Waals surface area contributed by atoms with Crippen LogP contribution in [-0.4, -0.2) is 28.1 Å². The molecule has 30 heavy (non-hydrogen) atoms. The Balaban J connectivity index is 1.26. The van der Waals surface area contributed by atoms with Crippen molar-refractivity contribution < 1.29 is 14.3 Å². The van der Waals surface area contributed by atoms with E-state index >= 15 is 0 Å². The van der Waals surface area contributed by atoms with Gasteiger partial charge in [0, 0.05) is 35.9 Å². The summed E-state index contributed by atoms with van der Waals surface area (Å²) in [5.41, 5.74) is 3.28. The molecule has 2 heterocycles. The largest absolute Gasteiger partial charge is 0.492 e. The zero-order chi connectivity index (χ0) is 20.3. The first-order valence-corrected chi connectivity index (χ1v) is 10.1. The van der Waals surface area contributed by atoms with Crippen LogP contribution in [0.1, 0.15) is 15.9 Å². The molecule has 0 radical (unpaired) electrons. The Hall–Kier alpha value is -3.73. The number of nitrogens with zero attached hydrogens (tertiary/aromatic N) is 2. The summed E-state index contributed by atoms with van der Waals surface area (Å²) in [4.78, 5) is 13.0. The number of ether oxygens (including phenoxy) is 2. The third-order valence-electron chi connectivity index (χ3n) is 5.33. The lowest BCUT2D eigenvalue weighted by Crippen LogP contribution is -2.07. The van der Waals surface area contributed by atoms with E-state index in [1.54, 1.807) is 0 Å². The average molecular weight is 398 g/mol. The highest BCUT2D eigenvalue weighted by Crippen LogP contribution is 2.39. The zero-order valence-electron chi connectivity index (χ0n) is 16.5. The van der Waals surface area contributed by atoms with Crippen molar-refractivity contribution in [3.8, 4) is 22.6 Å². The Morgan fingerprint density at radius 3 is 1.47 bits per heavy atom. The fraction of sp³-hybridized carbons (Fsp3) is 0.160. The smallest absolute Gasteiger partial charge is 0.194 e. The number of hydrogen-bond donors (Lipinski definition) is 0. The van der Waals surface area contributed by atoms with Gasteiger partial charge in [-0.25, -0.2) is 0 Å². The average Bonchev–Trinajstić information content (AvgIpc) is 3.51. The molecule has 150 valence electrons. The molecule has 0 saturated heterocycles. The number of ketones is 1. The van der Waals surface area contributed by atoms with E-state index in [4.69, 9.17) is 9.47 Å². The van der Waals surface area contributed by atoms with E-state index in [0.29, 0.717) is 35.8 Å². The predicted molar refractivity (Wildman–Crippen MR) is 115 cm³/mol. The third kappa shape index (κ3) is 3.62. The highest BCUT2D eigenvalue weighted by Gasteiger charge is 2.27. The summed E-state index contributed by atoms with van der Waals surface area (Å²) >= 11 is 0. The van der Waals surface area contributed by atoms with E-state index in [2.05, 4.69) is 9.13 Å². The van der Waals surface area contributed by atoms with Gasteiger partial charge in [-0.3, -0.25) is 4.79 Å². The number of carbonyl (C=O) groups excluding carboxylic acids is 1. The maximum Gasteiger partial charge on any atom is 0.194 e. The summed E-state index contributed by atoms with van der Waals surface area (Å²) < 4.78 is 15.9. The predicted octanol–water partition coefficient (Wildman–Crippen LogP) is 4.66. The van der Waals surface area contributed by atoms with Gasteiger partial charge < -0.3 is 18.6 Å². The van der Waals surface area contributed by atoms with Crippen molar-refractivity contribution in [2.24, 2.45) is 0 Å². The van der Waals surface area contributed by atoms with Crippen LogP contribution in [0, 0.1) is 0 Å². The molecule has 2 aromatic carbocycles. The van der Waals surface area contributed by atoms with Crippen molar-refractivity contribution in [2.75, 3.05) is 13.2 Å². The van der Waals surface area contributed by atoms with E-state index in [9.17, 15) is 4.79 Å². The van der Waals surface area contributed by atoms with Crippen molar-refractivity contribution in [3.63, 3.8) is 0 Å². The van der Waals surface area contributed by atoms with Crippen LogP contribution in [0.5, 0.6) is 11.5 Å². The number of aromatic nitrogens is 2. The van der Waals surface area contributed by atoms with Gasteiger partial charge in [-0.2, -0.15) is 0 Å². The molecule has 1 aliphatic carbocycles. The molecule has 0 N–H and O–H groups in total. The van der Waals surface area contributed by atoms with Crippen LogP contribution in [-0.2, 0) is 13.1 Å². The van der Waals surface area contributed by atoms with Crippen molar-refractivity contribution in [2.45, 2.75) is 13.1 Å². The molecule has 4 aromatic rings. The van der Waals surface area contributed by atoms with Gasteiger partial charge in [0.2, 0.25) is 0 Å². The van der Waals surface area contributed by atoms with Crippen LogP contribution in [0.15, 0.2) is 85.5 Å². The summed E-state index contributed by atoms with van der Waals surface area (Å²) in [5, 5.41) is 0. The normalized spacial score (nSPS) is 11.9. The summed E-state index contributed by atoms with van der Waals surface area (Å²) in [5.74, 6) is 1.45. The Kier molecular flexibility index (Phi) is 4.85. The van der Waals surface area contributed by atoms with Crippen molar-refractivity contribution >= 4 is 5.78 Å². The number of rotatable bonds is 8. The number of fused-ring (bicyclic) bond motifs is 3. The van der Waals surface area contributed by atoms with Gasteiger partial charge in [0.1, 0.15) is 24.7 Å². The van der Waals surface area contributed by atoms with Crippen LogP contribution in [0.2, 0.25) is 0 Å². The van der Waals surface area contributed by atoms with Crippen LogP contribution < -0.4 is 9.47 Å². The third-order valence-corrected chi connectivity index (χ3v) is 5.33. The van der Waals surface area contributed by atoms with E-state index in [1.807, 2.05) is 85.5 Å². The topological polar surface area (TPSA) is 45.4 Å². The number of hydrogen-bond acceptors (Lipinski definition) is 3. The van der Waals surface area contributed by atoms with Crippen molar-refractivity contribution in [3.05, 3.63) is 96.6 Å². The minimum atomic E-state index is 0.0201. The lowest BCUT2D eigenvalue weighted by Gasteiger charge is -2.09. The van der Waals surface area contributed by atoms with Crippen LogP contribution >= 0.6 is 0 Å². The Morgan fingerprint density at radius 2 is 1.03 bits per heavy atom. The standard InChI is InChI=1S/C25H22N2O3/c28-25-23-17-19(29-15-13-26-9-1-2-10-26)5-7-21(23)22-8-6-20(18-24(22)25)30-16-14-27-11-3-4-12-27/h1-12,17-18H,13-16H2. The van der Waals surface area contributed by atoms with E-state index < -0.39 is 0 Å². The number of carbonyl (C=O) groups is 1. The highest BCUT2D eigenvalue weighted by atomic mass is 16.5. The first-order chi connectivity index (χ1) is 14.8. The summed E-state index contributed by atoms with van der Waals surface area (Å²) in [6, 6.07) is 19.4. The molecule has 5 heteroatoms. The van der Waals surface area contributed by atoms with Gasteiger partial charge >= 0.3 is 0 Å². The zero-order valence-corrected chi connectivity index (χ0v) is 16.5. The van der Waals surface area contributed by atoms with Crippen molar-refractivity contribution in [1.29, 1.82) is 0 Å². The van der Waals surface area contributed by atoms with Gasteiger partial charge in [-0.15, -0.1) is 0 Å². The van der Waals surface area contributed by atoms with Gasteiger partial charge in [0.05, 0.1) is 13.1 Å². The summed E-state index contributed by atoms with van der Waals surface area (Å²) in [7, 11) is 0. The van der Waals surface area contributed by atoms with Gasteiger partial charge in [0.15, 0.2) is 5.78 Å². The van der Waals surface area contributed by atoms with E-state index in [1.165, 1.54) is 0 Å². The second kappa shape index (κ2) is 7.95. The molecule has 5 rings (SSSR count). The lowest BCUT2D eigenvalue weighted by molar-refractivity contribution is 0.104. The Bertz CT molecular complexity index is 1070. The van der Waals surface area contributed by atoms with E-state index in [-0.39, 0.29) is 5.78 Å². The van der Waals surface area contributed by atoms with Crippen LogP contribution in [0.25, 0.3) is 11.1 Å². The summed E-state index contributed by atoms with van der Waals surface area (Å²) in [6.07, 6.45) is 8.02. The molecule has 1 aliphatic rings. The molecule has 2 aromatic heterocycles. The molecule has 0 saturated carbocycles. The fourth-order valence-corrected chi connectivity index (χ4v) is 3.79. The SMILES string of the molecule is O=C1c2cc(OCCn3cccc3)ccc2-c2ccc(OCCn3cccc3)cc21. The molecule has 0 aliphatic heterocycles. The van der Waals surface area contributed by atoms with Crippen LogP contribution in [0.4, 0.5) is 0 Å². The van der Waals surface area contributed by atoms with E-state index in [0.717, 1.165) is 24.2 Å². The molecule has 5 nitrogen and oxygen atoms in total. The molecule has 0 unspecified atom stereocenters. The Morgan fingerprint density at radius 1 is 0.600 bits per heavy atom. The maximum atomic E-state index is 13.0.